The first-order valence-electron chi connectivity index (χ1n) is 4.83. The van der Waals surface area contributed by atoms with Gasteiger partial charge in [0.15, 0.2) is 5.82 Å². The molecule has 0 spiro atoms. The van der Waals surface area contributed by atoms with Crippen LogP contribution in [0.15, 0.2) is 16.9 Å². The standard InChI is InChI=1S/C9H13N3O4S/c1-17-5-3-6(8(13)14)10-9(15)11-7-2-4-16-12-7/h2,4,6H,3,5H2,1H3,(H,13,14)(H2,10,11,12,15). The molecule has 0 aliphatic carbocycles. The zero-order valence-electron chi connectivity index (χ0n) is 9.17. The molecular weight excluding hydrogens is 246 g/mol. The lowest BCUT2D eigenvalue weighted by Crippen LogP contribution is -2.43. The second kappa shape index (κ2) is 6.79. The summed E-state index contributed by atoms with van der Waals surface area (Å²) in [4.78, 5) is 22.3. The normalized spacial score (nSPS) is 11.8. The molecule has 1 atom stereocenters. The Balaban J connectivity index is 2.43. The van der Waals surface area contributed by atoms with E-state index in [4.69, 9.17) is 5.11 Å². The Kier molecular flexibility index (Phi) is 5.34. The number of thioether (sulfide) groups is 1. The lowest BCUT2D eigenvalue weighted by Gasteiger charge is -2.13. The summed E-state index contributed by atoms with van der Waals surface area (Å²) < 4.78 is 4.52. The van der Waals surface area contributed by atoms with E-state index in [-0.39, 0.29) is 5.82 Å². The van der Waals surface area contributed by atoms with Crippen molar-refractivity contribution in [2.75, 3.05) is 17.3 Å². The molecule has 8 heteroatoms. The van der Waals surface area contributed by atoms with Crippen molar-refractivity contribution in [2.24, 2.45) is 0 Å². The number of carbonyl (C=O) groups excluding carboxylic acids is 1. The number of rotatable bonds is 6. The first kappa shape index (κ1) is 13.4. The fourth-order valence-corrected chi connectivity index (χ4v) is 1.55. The number of nitrogens with one attached hydrogen (secondary N) is 2. The van der Waals surface area contributed by atoms with Crippen molar-refractivity contribution in [3.63, 3.8) is 0 Å². The van der Waals surface area contributed by atoms with Crippen LogP contribution in [0.5, 0.6) is 0 Å². The molecule has 0 saturated carbocycles. The maximum absolute atomic E-state index is 11.4. The van der Waals surface area contributed by atoms with E-state index >= 15 is 0 Å². The number of carbonyl (C=O) groups is 2. The van der Waals surface area contributed by atoms with Crippen molar-refractivity contribution < 1.29 is 19.2 Å². The molecule has 3 N–H and O–H groups in total. The summed E-state index contributed by atoms with van der Waals surface area (Å²) in [5, 5.41) is 17.1. The minimum absolute atomic E-state index is 0.233. The third kappa shape index (κ3) is 4.77. The SMILES string of the molecule is CSCCC(NC(=O)Nc1ccon1)C(=O)O. The van der Waals surface area contributed by atoms with Gasteiger partial charge in [-0.2, -0.15) is 11.8 Å². The van der Waals surface area contributed by atoms with Crippen molar-refractivity contribution in [2.45, 2.75) is 12.5 Å². The third-order valence-corrected chi connectivity index (χ3v) is 2.54. The molecule has 7 nitrogen and oxygen atoms in total. The highest BCUT2D eigenvalue weighted by atomic mass is 32.2. The van der Waals surface area contributed by atoms with Crippen LogP contribution in [-0.4, -0.2) is 40.3 Å². The third-order valence-electron chi connectivity index (χ3n) is 1.89. The van der Waals surface area contributed by atoms with Gasteiger partial charge in [0.2, 0.25) is 0 Å². The number of hydrogen-bond acceptors (Lipinski definition) is 5. The van der Waals surface area contributed by atoms with Crippen LogP contribution in [0.25, 0.3) is 0 Å². The Bertz CT molecular complexity index is 368. The van der Waals surface area contributed by atoms with Crippen molar-refractivity contribution in [3.05, 3.63) is 12.3 Å². The smallest absolute Gasteiger partial charge is 0.326 e. The van der Waals surface area contributed by atoms with Gasteiger partial charge in [0, 0.05) is 6.07 Å². The van der Waals surface area contributed by atoms with Gasteiger partial charge < -0.3 is 14.9 Å². The molecule has 2 amide bonds. The van der Waals surface area contributed by atoms with E-state index in [1.807, 2.05) is 6.26 Å². The molecule has 1 aromatic heterocycles. The van der Waals surface area contributed by atoms with Gasteiger partial charge in [0.25, 0.3) is 0 Å². The second-order valence-electron chi connectivity index (χ2n) is 3.16. The van der Waals surface area contributed by atoms with Crippen LogP contribution in [-0.2, 0) is 4.79 Å². The minimum Gasteiger partial charge on any atom is -0.480 e. The number of aliphatic carboxylic acids is 1. The Hall–Kier alpha value is -1.70. The fourth-order valence-electron chi connectivity index (χ4n) is 1.08. The van der Waals surface area contributed by atoms with Crippen LogP contribution in [0, 0.1) is 0 Å². The molecule has 1 rings (SSSR count). The van der Waals surface area contributed by atoms with E-state index in [2.05, 4.69) is 20.3 Å². The summed E-state index contributed by atoms with van der Waals surface area (Å²) >= 11 is 1.52. The monoisotopic (exact) mass is 259 g/mol. The number of hydrogen-bond donors (Lipinski definition) is 3. The maximum Gasteiger partial charge on any atom is 0.326 e. The van der Waals surface area contributed by atoms with Crippen molar-refractivity contribution >= 4 is 29.6 Å². The molecular formula is C9H13N3O4S. The highest BCUT2D eigenvalue weighted by Gasteiger charge is 2.19. The van der Waals surface area contributed by atoms with E-state index in [1.54, 1.807) is 0 Å². The number of aromatic nitrogens is 1. The highest BCUT2D eigenvalue weighted by molar-refractivity contribution is 7.98. The van der Waals surface area contributed by atoms with E-state index in [0.29, 0.717) is 12.2 Å². The summed E-state index contributed by atoms with van der Waals surface area (Å²) in [7, 11) is 0. The summed E-state index contributed by atoms with van der Waals surface area (Å²) in [6.45, 7) is 0. The Morgan fingerprint density at radius 1 is 1.65 bits per heavy atom. The van der Waals surface area contributed by atoms with Gasteiger partial charge in [0.1, 0.15) is 12.3 Å². The zero-order chi connectivity index (χ0) is 12.7. The van der Waals surface area contributed by atoms with Gasteiger partial charge in [-0.3, -0.25) is 5.32 Å². The lowest BCUT2D eigenvalue weighted by atomic mass is 10.2. The van der Waals surface area contributed by atoms with E-state index in [9.17, 15) is 9.59 Å². The molecule has 94 valence electrons. The second-order valence-corrected chi connectivity index (χ2v) is 4.14. The van der Waals surface area contributed by atoms with Crippen LogP contribution < -0.4 is 10.6 Å². The summed E-state index contributed by atoms with van der Waals surface area (Å²) in [6, 6.07) is -0.0705. The molecule has 1 unspecified atom stereocenters. The van der Waals surface area contributed by atoms with E-state index < -0.39 is 18.0 Å². The lowest BCUT2D eigenvalue weighted by molar-refractivity contribution is -0.139. The molecule has 0 fully saturated rings. The number of carboxylic acids is 1. The van der Waals surface area contributed by atoms with Crippen molar-refractivity contribution in [1.82, 2.24) is 10.5 Å². The maximum atomic E-state index is 11.4. The van der Waals surface area contributed by atoms with Crippen LogP contribution in [0.3, 0.4) is 0 Å². The molecule has 1 aromatic rings. The van der Waals surface area contributed by atoms with Gasteiger partial charge in [-0.1, -0.05) is 5.16 Å². The Labute approximate surface area is 102 Å². The van der Waals surface area contributed by atoms with Crippen LogP contribution in [0.1, 0.15) is 6.42 Å². The van der Waals surface area contributed by atoms with Crippen molar-refractivity contribution in [1.29, 1.82) is 0 Å². The quantitative estimate of drug-likeness (QED) is 0.704. The molecule has 0 saturated heterocycles. The zero-order valence-corrected chi connectivity index (χ0v) is 9.99. The Morgan fingerprint density at radius 3 is 2.94 bits per heavy atom. The minimum atomic E-state index is -1.06. The average molecular weight is 259 g/mol. The first-order chi connectivity index (χ1) is 8.13. The number of nitrogens with zero attached hydrogens (tertiary/aromatic N) is 1. The fraction of sp³-hybridized carbons (Fsp3) is 0.444. The van der Waals surface area contributed by atoms with Gasteiger partial charge in [-0.15, -0.1) is 0 Å². The number of carboxylic acid groups (broad SMARTS) is 1. The predicted molar refractivity (Wildman–Crippen MR) is 63.1 cm³/mol. The average Bonchev–Trinajstić information content (AvgIpc) is 2.76. The van der Waals surface area contributed by atoms with Crippen LogP contribution >= 0.6 is 11.8 Å². The first-order valence-corrected chi connectivity index (χ1v) is 6.22. The predicted octanol–water partition coefficient (Wildman–Crippen LogP) is 1.00. The molecule has 0 bridgehead atoms. The molecule has 0 radical (unpaired) electrons. The summed E-state index contributed by atoms with van der Waals surface area (Å²) in [5.41, 5.74) is 0. The van der Waals surface area contributed by atoms with Gasteiger partial charge in [0.05, 0.1) is 0 Å². The Morgan fingerprint density at radius 2 is 2.41 bits per heavy atom. The van der Waals surface area contributed by atoms with Gasteiger partial charge in [-0.25, -0.2) is 9.59 Å². The van der Waals surface area contributed by atoms with Crippen LogP contribution in [0.2, 0.25) is 0 Å². The molecule has 0 aliphatic heterocycles. The largest absolute Gasteiger partial charge is 0.480 e. The topological polar surface area (TPSA) is 104 Å². The number of anilines is 1. The summed E-state index contributed by atoms with van der Waals surface area (Å²) in [5.74, 6) is -0.174. The number of urea groups is 1. The molecule has 17 heavy (non-hydrogen) atoms. The molecule has 0 aliphatic rings. The van der Waals surface area contributed by atoms with Gasteiger partial charge >= 0.3 is 12.0 Å². The van der Waals surface area contributed by atoms with Crippen molar-refractivity contribution in [3.8, 4) is 0 Å². The number of amides is 2. The molecule has 0 aromatic carbocycles. The van der Waals surface area contributed by atoms with E-state index in [0.717, 1.165) is 0 Å². The molecule has 1 heterocycles. The van der Waals surface area contributed by atoms with Crippen LogP contribution in [0.4, 0.5) is 10.6 Å². The highest BCUT2D eigenvalue weighted by Crippen LogP contribution is 2.03. The van der Waals surface area contributed by atoms with E-state index in [1.165, 1.54) is 24.1 Å². The summed E-state index contributed by atoms with van der Waals surface area (Å²) in [6.07, 6.45) is 3.54. The van der Waals surface area contributed by atoms with Gasteiger partial charge in [-0.05, 0) is 18.4 Å².